The fourth-order valence-corrected chi connectivity index (χ4v) is 7.69. The first-order valence-corrected chi connectivity index (χ1v) is 17.8. The Morgan fingerprint density at radius 3 is 2.47 bits per heavy atom. The Bertz CT molecular complexity index is 2140. The molecule has 0 amide bonds. The van der Waals surface area contributed by atoms with Crippen molar-refractivity contribution in [3.8, 4) is 23.0 Å². The molecule has 6 aromatic rings. The summed E-state index contributed by atoms with van der Waals surface area (Å²) >= 11 is 0. The summed E-state index contributed by atoms with van der Waals surface area (Å²) in [5, 5.41) is 7.64. The average molecular weight is 830 g/mol. The topological polar surface area (TPSA) is 44.9 Å². The molecular weight excluding hydrogens is 784 g/mol. The molecule has 3 heterocycles. The summed E-state index contributed by atoms with van der Waals surface area (Å²) in [7, 11) is 0. The molecule has 3 aromatic carbocycles. The summed E-state index contributed by atoms with van der Waals surface area (Å²) in [5.41, 5.74) is 10.8. The van der Waals surface area contributed by atoms with E-state index in [0.29, 0.717) is 23.3 Å². The summed E-state index contributed by atoms with van der Waals surface area (Å²) < 4.78 is 11.0. The van der Waals surface area contributed by atoms with Gasteiger partial charge in [-0.15, -0.1) is 35.7 Å². The molecule has 1 aliphatic carbocycles. The van der Waals surface area contributed by atoms with Crippen LogP contribution < -0.4 is 4.74 Å². The molecule has 254 valence electrons. The van der Waals surface area contributed by atoms with E-state index >= 15 is 0 Å². The predicted octanol–water partition coefficient (Wildman–Crippen LogP) is 11.0. The number of aryl methyl sites for hydroxylation is 3. The molecule has 3 aromatic heterocycles. The van der Waals surface area contributed by atoms with Gasteiger partial charge in [0, 0.05) is 40.4 Å². The van der Waals surface area contributed by atoms with E-state index in [1.165, 1.54) is 46.3 Å². The van der Waals surface area contributed by atoms with E-state index in [1.54, 1.807) is 0 Å². The third kappa shape index (κ3) is 6.67. The first kappa shape index (κ1) is 34.9. The van der Waals surface area contributed by atoms with Gasteiger partial charge in [0.25, 0.3) is 0 Å². The van der Waals surface area contributed by atoms with Gasteiger partial charge in [-0.25, -0.2) is 4.98 Å². The number of benzene rings is 3. The van der Waals surface area contributed by atoms with Gasteiger partial charge in [-0.1, -0.05) is 82.3 Å². The molecule has 0 radical (unpaired) electrons. The molecule has 7 rings (SSSR count). The number of hydrogen-bond donors (Lipinski definition) is 0. The van der Waals surface area contributed by atoms with E-state index in [1.807, 2.05) is 18.3 Å². The van der Waals surface area contributed by atoms with E-state index in [0.717, 1.165) is 65.6 Å². The van der Waals surface area contributed by atoms with Gasteiger partial charge in [0.1, 0.15) is 5.82 Å². The number of ether oxygens (including phenoxy) is 1. The van der Waals surface area contributed by atoms with Crippen molar-refractivity contribution in [3.05, 3.63) is 119 Å². The number of hydrogen-bond acceptors (Lipinski definition) is 3. The first-order chi connectivity index (χ1) is 23.4. The van der Waals surface area contributed by atoms with Gasteiger partial charge in [-0.05, 0) is 80.3 Å². The minimum Gasteiger partial charge on any atom is -0.509 e. The SMILES string of the molecule is CCCc1nn(-c2[c-]c(Oc3[c-]c4c(cc3)c3ccccc3n4-c3cc(C)ccn3)cc(CC)c2)c(CCC)c1C1C(C)=CCC[C@@H]1C.[Pt+2]. The van der Waals surface area contributed by atoms with Crippen molar-refractivity contribution in [2.24, 2.45) is 5.92 Å². The maximum atomic E-state index is 6.64. The number of nitrogens with zero attached hydrogens (tertiary/aromatic N) is 4. The normalized spacial score (nSPS) is 16.2. The first-order valence-electron chi connectivity index (χ1n) is 17.8. The molecule has 0 spiro atoms. The monoisotopic (exact) mass is 829 g/mol. The second kappa shape index (κ2) is 14.9. The standard InChI is InChI=1S/C43H46N4O.Pt/c1-7-13-37-43(42-29(5)15-12-16-30(42)6)39(14-8-2)47(45-37)32-24-31(9-3)25-34(26-32)48-33-19-20-36-35-17-10-11-18-38(35)46(40(36)27-33)41-23-28(4)21-22-44-41;/h10-11,15,17-25,30,42H,7-9,12-14,16H2,1-6H3;/q-2;+2/t30-,42?;/m0./s1. The van der Waals surface area contributed by atoms with Crippen LogP contribution in [0.2, 0.25) is 0 Å². The van der Waals surface area contributed by atoms with Crippen LogP contribution in [0.15, 0.2) is 78.5 Å². The van der Waals surface area contributed by atoms with Gasteiger partial charge in [-0.3, -0.25) is 4.68 Å². The molecule has 0 bridgehead atoms. The molecule has 49 heavy (non-hydrogen) atoms. The number of pyridine rings is 1. The van der Waals surface area contributed by atoms with E-state index < -0.39 is 0 Å². The van der Waals surface area contributed by atoms with Crippen molar-refractivity contribution < 1.29 is 25.8 Å². The minimum atomic E-state index is 0. The zero-order chi connectivity index (χ0) is 33.4. The van der Waals surface area contributed by atoms with Crippen LogP contribution in [0.3, 0.4) is 0 Å². The number of aromatic nitrogens is 4. The number of allylic oxidation sites excluding steroid dienone is 2. The summed E-state index contributed by atoms with van der Waals surface area (Å²) in [5.74, 6) is 3.20. The molecule has 0 fully saturated rings. The van der Waals surface area contributed by atoms with Crippen molar-refractivity contribution in [3.63, 3.8) is 0 Å². The summed E-state index contributed by atoms with van der Waals surface area (Å²) in [6, 6.07) is 28.3. The smallest absolute Gasteiger partial charge is 0.509 e. The molecule has 6 heteroatoms. The fraction of sp³-hybridized carbons (Fsp3) is 0.349. The van der Waals surface area contributed by atoms with Crippen molar-refractivity contribution >= 4 is 21.8 Å². The largest absolute Gasteiger partial charge is 2.00 e. The summed E-state index contributed by atoms with van der Waals surface area (Å²) in [6.07, 6.45) is 11.7. The van der Waals surface area contributed by atoms with Crippen molar-refractivity contribution in [2.75, 3.05) is 0 Å². The minimum absolute atomic E-state index is 0. The summed E-state index contributed by atoms with van der Waals surface area (Å²) in [6.45, 7) is 13.6. The Hall–Kier alpha value is -3.95. The Labute approximate surface area is 305 Å². The molecule has 5 nitrogen and oxygen atoms in total. The average Bonchev–Trinajstić information content (AvgIpc) is 3.60. The van der Waals surface area contributed by atoms with Gasteiger partial charge in [0.05, 0.1) is 5.69 Å². The van der Waals surface area contributed by atoms with E-state index in [2.05, 4.69) is 118 Å². The predicted molar refractivity (Wildman–Crippen MR) is 197 cm³/mol. The Morgan fingerprint density at radius 2 is 1.71 bits per heavy atom. The number of rotatable bonds is 10. The second-order valence-electron chi connectivity index (χ2n) is 13.5. The van der Waals surface area contributed by atoms with E-state index in [9.17, 15) is 0 Å². The van der Waals surface area contributed by atoms with Crippen LogP contribution in [0, 0.1) is 25.0 Å². The third-order valence-corrected chi connectivity index (χ3v) is 9.96. The van der Waals surface area contributed by atoms with Crippen LogP contribution in [0.25, 0.3) is 33.3 Å². The van der Waals surface area contributed by atoms with Crippen LogP contribution in [-0.4, -0.2) is 19.3 Å². The maximum absolute atomic E-state index is 6.64. The van der Waals surface area contributed by atoms with Crippen LogP contribution in [0.5, 0.6) is 11.5 Å². The quantitative estimate of drug-likeness (QED) is 0.102. The van der Waals surface area contributed by atoms with Crippen molar-refractivity contribution in [1.82, 2.24) is 19.3 Å². The molecule has 2 atom stereocenters. The fourth-order valence-electron chi connectivity index (χ4n) is 7.69. The van der Waals surface area contributed by atoms with Gasteiger partial charge in [0.2, 0.25) is 0 Å². The van der Waals surface area contributed by atoms with Crippen LogP contribution in [0.4, 0.5) is 0 Å². The Morgan fingerprint density at radius 1 is 0.898 bits per heavy atom. The Balaban J connectivity index is 0.00000417. The maximum Gasteiger partial charge on any atom is 2.00 e. The summed E-state index contributed by atoms with van der Waals surface area (Å²) in [4.78, 5) is 4.74. The zero-order valence-corrected chi connectivity index (χ0v) is 31.8. The molecular formula is C43H46N4OPt. The van der Waals surface area contributed by atoms with E-state index in [-0.39, 0.29) is 21.1 Å². The van der Waals surface area contributed by atoms with Crippen LogP contribution in [-0.2, 0) is 40.3 Å². The molecule has 1 aliphatic rings. The molecule has 0 N–H and O–H groups in total. The van der Waals surface area contributed by atoms with Crippen molar-refractivity contribution in [1.29, 1.82) is 0 Å². The van der Waals surface area contributed by atoms with Gasteiger partial charge in [-0.2, -0.15) is 16.7 Å². The Kier molecular flexibility index (Phi) is 10.6. The van der Waals surface area contributed by atoms with Gasteiger partial charge < -0.3 is 9.30 Å². The molecule has 1 unspecified atom stereocenters. The van der Waals surface area contributed by atoms with Gasteiger partial charge >= 0.3 is 21.1 Å². The molecule has 0 aliphatic heterocycles. The van der Waals surface area contributed by atoms with Crippen LogP contribution >= 0.6 is 0 Å². The van der Waals surface area contributed by atoms with E-state index in [4.69, 9.17) is 14.8 Å². The second-order valence-corrected chi connectivity index (χ2v) is 13.5. The molecule has 0 saturated carbocycles. The number of fused-ring (bicyclic) bond motifs is 3. The van der Waals surface area contributed by atoms with Gasteiger partial charge in [0.15, 0.2) is 0 Å². The third-order valence-electron chi connectivity index (χ3n) is 9.96. The zero-order valence-electron chi connectivity index (χ0n) is 29.5. The molecule has 0 saturated heterocycles. The number of para-hydroxylation sites is 1. The van der Waals surface area contributed by atoms with Crippen molar-refractivity contribution in [2.45, 2.75) is 92.4 Å². The van der Waals surface area contributed by atoms with Crippen LogP contribution in [0.1, 0.15) is 94.3 Å².